The molecule has 1 N–H and O–H groups in total. The van der Waals surface area contributed by atoms with Crippen molar-refractivity contribution in [3.63, 3.8) is 0 Å². The van der Waals surface area contributed by atoms with Gasteiger partial charge in [0.25, 0.3) is 0 Å². The number of esters is 1. The van der Waals surface area contributed by atoms with E-state index in [2.05, 4.69) is 5.32 Å². The summed E-state index contributed by atoms with van der Waals surface area (Å²) < 4.78 is 21.0. The van der Waals surface area contributed by atoms with Gasteiger partial charge < -0.3 is 24.3 Å². The second-order valence-corrected chi connectivity index (χ2v) is 5.97. The Hall–Kier alpha value is -2.12. The van der Waals surface area contributed by atoms with Crippen molar-refractivity contribution in [1.29, 1.82) is 0 Å². The van der Waals surface area contributed by atoms with E-state index in [0.29, 0.717) is 6.61 Å². The summed E-state index contributed by atoms with van der Waals surface area (Å²) >= 11 is 0. The number of ether oxygens (including phenoxy) is 4. The summed E-state index contributed by atoms with van der Waals surface area (Å²) in [5.41, 5.74) is 0.858. The summed E-state index contributed by atoms with van der Waals surface area (Å²) in [7, 11) is 1.27. The van der Waals surface area contributed by atoms with Crippen molar-refractivity contribution in [2.24, 2.45) is 0 Å². The lowest BCUT2D eigenvalue weighted by Crippen LogP contribution is -2.44. The molecule has 0 unspecified atom stereocenters. The summed E-state index contributed by atoms with van der Waals surface area (Å²) in [6.45, 7) is 4.06. The van der Waals surface area contributed by atoms with Crippen LogP contribution in [0.3, 0.4) is 0 Å². The third-order valence-electron chi connectivity index (χ3n) is 3.56. The molecule has 24 heavy (non-hydrogen) atoms. The molecule has 2 atom stereocenters. The molecule has 1 aliphatic rings. The molecule has 0 radical (unpaired) electrons. The minimum absolute atomic E-state index is 0.122. The molecule has 2 rings (SSSR count). The van der Waals surface area contributed by atoms with Gasteiger partial charge in [-0.25, -0.2) is 9.59 Å². The normalized spacial score (nSPS) is 20.2. The third-order valence-corrected chi connectivity index (χ3v) is 3.56. The zero-order valence-electron chi connectivity index (χ0n) is 14.1. The third kappa shape index (κ3) is 5.50. The summed E-state index contributed by atoms with van der Waals surface area (Å²) in [5.74, 6) is -1.25. The first kappa shape index (κ1) is 18.2. The van der Waals surface area contributed by atoms with Crippen LogP contribution in [-0.4, -0.2) is 43.7 Å². The predicted molar refractivity (Wildman–Crippen MR) is 85.1 cm³/mol. The Morgan fingerprint density at radius 1 is 1.33 bits per heavy atom. The Morgan fingerprint density at radius 3 is 2.62 bits per heavy atom. The first-order valence-electron chi connectivity index (χ1n) is 7.76. The van der Waals surface area contributed by atoms with E-state index in [1.54, 1.807) is 13.8 Å². The molecule has 7 heteroatoms. The maximum absolute atomic E-state index is 11.9. The van der Waals surface area contributed by atoms with Crippen LogP contribution in [0.2, 0.25) is 0 Å². The van der Waals surface area contributed by atoms with Gasteiger partial charge in [0.05, 0.1) is 19.8 Å². The van der Waals surface area contributed by atoms with Gasteiger partial charge in [-0.15, -0.1) is 0 Å². The molecule has 1 amide bonds. The van der Waals surface area contributed by atoms with Crippen LogP contribution >= 0.6 is 0 Å². The molecule has 1 aromatic rings. The van der Waals surface area contributed by atoms with E-state index < -0.39 is 23.9 Å². The summed E-state index contributed by atoms with van der Waals surface area (Å²) in [4.78, 5) is 23.8. The fourth-order valence-electron chi connectivity index (χ4n) is 2.41. The zero-order valence-corrected chi connectivity index (χ0v) is 14.1. The minimum Gasteiger partial charge on any atom is -0.467 e. The van der Waals surface area contributed by atoms with Crippen molar-refractivity contribution in [1.82, 2.24) is 5.32 Å². The van der Waals surface area contributed by atoms with E-state index in [4.69, 9.17) is 18.9 Å². The zero-order chi connectivity index (χ0) is 17.6. The number of nitrogens with one attached hydrogen (secondary N) is 1. The number of methoxy groups -OCH3 is 1. The summed E-state index contributed by atoms with van der Waals surface area (Å²) in [6, 6.07) is 8.41. The second kappa shape index (κ2) is 8.12. The predicted octanol–water partition coefficient (Wildman–Crippen LogP) is 2.00. The van der Waals surface area contributed by atoms with Crippen LogP contribution in [0, 0.1) is 0 Å². The Morgan fingerprint density at radius 2 is 2.04 bits per heavy atom. The molecule has 0 saturated carbocycles. The molecule has 1 heterocycles. The van der Waals surface area contributed by atoms with Gasteiger partial charge in [0.2, 0.25) is 0 Å². The number of rotatable bonds is 6. The number of benzene rings is 1. The van der Waals surface area contributed by atoms with Gasteiger partial charge in [-0.05, 0) is 19.4 Å². The van der Waals surface area contributed by atoms with Crippen molar-refractivity contribution in [2.45, 2.75) is 44.8 Å². The van der Waals surface area contributed by atoms with E-state index in [0.717, 1.165) is 5.56 Å². The maximum Gasteiger partial charge on any atom is 0.408 e. The lowest BCUT2D eigenvalue weighted by molar-refractivity contribution is -0.149. The summed E-state index contributed by atoms with van der Waals surface area (Å²) in [6.07, 6.45) is -0.748. The Kier molecular flexibility index (Phi) is 6.16. The van der Waals surface area contributed by atoms with E-state index >= 15 is 0 Å². The number of carbonyl (C=O) groups excluding carboxylic acids is 2. The monoisotopic (exact) mass is 337 g/mol. The average molecular weight is 337 g/mol. The van der Waals surface area contributed by atoms with Crippen LogP contribution in [-0.2, 0) is 30.3 Å². The first-order chi connectivity index (χ1) is 11.4. The van der Waals surface area contributed by atoms with Gasteiger partial charge in [-0.2, -0.15) is 0 Å². The van der Waals surface area contributed by atoms with Gasteiger partial charge in [-0.3, -0.25) is 0 Å². The fourth-order valence-corrected chi connectivity index (χ4v) is 2.41. The van der Waals surface area contributed by atoms with E-state index in [9.17, 15) is 9.59 Å². The van der Waals surface area contributed by atoms with E-state index in [-0.39, 0.29) is 19.1 Å². The van der Waals surface area contributed by atoms with Gasteiger partial charge in [0, 0.05) is 6.42 Å². The molecular weight excluding hydrogens is 314 g/mol. The number of amides is 1. The highest BCUT2D eigenvalue weighted by Gasteiger charge is 2.36. The van der Waals surface area contributed by atoms with Crippen LogP contribution in [0.25, 0.3) is 0 Å². The van der Waals surface area contributed by atoms with Crippen LogP contribution < -0.4 is 5.32 Å². The molecule has 0 bridgehead atoms. The van der Waals surface area contributed by atoms with Crippen LogP contribution in [0.1, 0.15) is 25.8 Å². The van der Waals surface area contributed by atoms with Crippen molar-refractivity contribution < 1.29 is 28.5 Å². The molecule has 1 fully saturated rings. The molecule has 1 saturated heterocycles. The highest BCUT2D eigenvalue weighted by Crippen LogP contribution is 2.25. The van der Waals surface area contributed by atoms with Crippen LogP contribution in [0.15, 0.2) is 30.3 Å². The van der Waals surface area contributed by atoms with Crippen LogP contribution in [0.4, 0.5) is 4.79 Å². The topological polar surface area (TPSA) is 83.1 Å². The van der Waals surface area contributed by atoms with E-state index in [1.807, 2.05) is 30.3 Å². The lowest BCUT2D eigenvalue weighted by Gasteiger charge is -2.21. The van der Waals surface area contributed by atoms with Gasteiger partial charge in [0.1, 0.15) is 12.6 Å². The molecule has 0 aliphatic carbocycles. The Labute approximate surface area is 141 Å². The lowest BCUT2D eigenvalue weighted by atomic mass is 10.1. The smallest absolute Gasteiger partial charge is 0.408 e. The van der Waals surface area contributed by atoms with Gasteiger partial charge in [0.15, 0.2) is 5.79 Å². The van der Waals surface area contributed by atoms with E-state index in [1.165, 1.54) is 7.11 Å². The summed E-state index contributed by atoms with van der Waals surface area (Å²) in [5, 5.41) is 2.52. The Balaban J connectivity index is 1.86. The fraction of sp³-hybridized carbons (Fsp3) is 0.529. The van der Waals surface area contributed by atoms with Crippen molar-refractivity contribution >= 4 is 12.1 Å². The molecule has 1 aromatic carbocycles. The molecule has 0 spiro atoms. The molecular formula is C17H23NO6. The first-order valence-corrected chi connectivity index (χ1v) is 7.76. The number of hydrogen-bond donors (Lipinski definition) is 1. The van der Waals surface area contributed by atoms with Crippen molar-refractivity contribution in [3.05, 3.63) is 35.9 Å². The number of hydrogen-bond acceptors (Lipinski definition) is 6. The SMILES string of the molecule is COC(=O)[C@@H](C[C@@H]1COC(C)(C)O1)NC(=O)OCc1ccccc1. The van der Waals surface area contributed by atoms with Crippen molar-refractivity contribution in [3.8, 4) is 0 Å². The van der Waals surface area contributed by atoms with Crippen LogP contribution in [0.5, 0.6) is 0 Å². The number of carbonyl (C=O) groups is 2. The molecule has 7 nitrogen and oxygen atoms in total. The minimum atomic E-state index is -0.860. The second-order valence-electron chi connectivity index (χ2n) is 5.97. The quantitative estimate of drug-likeness (QED) is 0.800. The number of alkyl carbamates (subject to hydrolysis) is 1. The van der Waals surface area contributed by atoms with Gasteiger partial charge in [-0.1, -0.05) is 30.3 Å². The Bertz CT molecular complexity index is 559. The highest BCUT2D eigenvalue weighted by molar-refractivity contribution is 5.81. The average Bonchev–Trinajstić information content (AvgIpc) is 2.91. The highest BCUT2D eigenvalue weighted by atomic mass is 16.7. The van der Waals surface area contributed by atoms with Gasteiger partial charge >= 0.3 is 12.1 Å². The molecule has 132 valence electrons. The molecule has 0 aromatic heterocycles. The molecule has 1 aliphatic heterocycles. The van der Waals surface area contributed by atoms with Crippen molar-refractivity contribution in [2.75, 3.05) is 13.7 Å². The largest absolute Gasteiger partial charge is 0.467 e. The maximum atomic E-state index is 11.9. The standard InChI is InChI=1S/C17H23NO6/c1-17(2)23-11-13(24-17)9-14(15(19)21-3)18-16(20)22-10-12-7-5-4-6-8-12/h4-8,13-14H,9-11H2,1-3H3,(H,18,20)/t13-,14-/m1/s1.